The first kappa shape index (κ1) is 14.3. The zero-order valence-corrected chi connectivity index (χ0v) is 12.1. The van der Waals surface area contributed by atoms with E-state index in [1.807, 2.05) is 0 Å². The third-order valence-electron chi connectivity index (χ3n) is 3.83. The molecule has 0 bridgehead atoms. The Labute approximate surface area is 108 Å². The van der Waals surface area contributed by atoms with E-state index < -0.39 is 0 Å². The SMILES string of the molecule is C=C(C)CC(C)C1=C(C(CC)CCCC)C1=C. The average molecular weight is 232 g/mol. The molecule has 0 aliphatic heterocycles. The molecule has 0 fully saturated rings. The van der Waals surface area contributed by atoms with Crippen molar-refractivity contribution in [1.29, 1.82) is 0 Å². The van der Waals surface area contributed by atoms with Crippen molar-refractivity contribution in [3.8, 4) is 0 Å². The highest BCUT2D eigenvalue weighted by molar-refractivity contribution is 5.66. The van der Waals surface area contributed by atoms with E-state index in [4.69, 9.17) is 0 Å². The fourth-order valence-electron chi connectivity index (χ4n) is 2.92. The third kappa shape index (κ3) is 3.59. The van der Waals surface area contributed by atoms with Crippen LogP contribution in [0.15, 0.2) is 35.5 Å². The van der Waals surface area contributed by atoms with Crippen LogP contribution in [0.5, 0.6) is 0 Å². The normalized spacial score (nSPS) is 18.2. The number of rotatable bonds is 8. The van der Waals surface area contributed by atoms with Crippen LogP contribution in [0, 0.1) is 11.8 Å². The van der Waals surface area contributed by atoms with Crippen molar-refractivity contribution >= 4 is 0 Å². The Bertz CT molecular complexity index is 330. The van der Waals surface area contributed by atoms with Crippen molar-refractivity contribution in [2.75, 3.05) is 0 Å². The number of allylic oxidation sites excluding steroid dienone is 4. The summed E-state index contributed by atoms with van der Waals surface area (Å²) in [5.74, 6) is 1.40. The van der Waals surface area contributed by atoms with Crippen LogP contribution in [0.4, 0.5) is 0 Å². The lowest BCUT2D eigenvalue weighted by Gasteiger charge is -2.10. The molecule has 0 spiro atoms. The van der Waals surface area contributed by atoms with Crippen molar-refractivity contribution < 1.29 is 0 Å². The summed E-state index contributed by atoms with van der Waals surface area (Å²) in [7, 11) is 0. The molecule has 0 amide bonds. The summed E-state index contributed by atoms with van der Waals surface area (Å²) >= 11 is 0. The minimum Gasteiger partial charge on any atom is -0.100 e. The lowest BCUT2D eigenvalue weighted by atomic mass is 9.95. The Morgan fingerprint density at radius 3 is 2.35 bits per heavy atom. The van der Waals surface area contributed by atoms with E-state index in [2.05, 4.69) is 40.9 Å². The molecule has 0 saturated heterocycles. The van der Waals surface area contributed by atoms with Gasteiger partial charge in [-0.2, -0.15) is 0 Å². The molecule has 1 aliphatic rings. The van der Waals surface area contributed by atoms with Gasteiger partial charge in [-0.3, -0.25) is 0 Å². The van der Waals surface area contributed by atoms with E-state index in [9.17, 15) is 0 Å². The minimum absolute atomic E-state index is 0.630. The van der Waals surface area contributed by atoms with Crippen molar-refractivity contribution in [3.05, 3.63) is 35.5 Å². The Morgan fingerprint density at radius 2 is 1.88 bits per heavy atom. The highest BCUT2D eigenvalue weighted by Crippen LogP contribution is 2.50. The maximum absolute atomic E-state index is 4.23. The molecule has 2 atom stereocenters. The molecule has 0 radical (unpaired) electrons. The van der Waals surface area contributed by atoms with Crippen molar-refractivity contribution in [2.24, 2.45) is 11.8 Å². The number of unbranched alkanes of at least 4 members (excludes halogenated alkanes) is 1. The summed E-state index contributed by atoms with van der Waals surface area (Å²) in [6.45, 7) is 17.3. The average Bonchev–Trinajstić information content (AvgIpc) is 2.90. The Morgan fingerprint density at radius 1 is 1.24 bits per heavy atom. The molecule has 2 unspecified atom stereocenters. The Balaban J connectivity index is 2.65. The molecule has 0 aromatic heterocycles. The van der Waals surface area contributed by atoms with Crippen LogP contribution in [0.25, 0.3) is 0 Å². The predicted molar refractivity (Wildman–Crippen MR) is 78.1 cm³/mol. The quantitative estimate of drug-likeness (QED) is 0.473. The van der Waals surface area contributed by atoms with Gasteiger partial charge in [-0.05, 0) is 54.7 Å². The van der Waals surface area contributed by atoms with Gasteiger partial charge in [-0.15, -0.1) is 6.58 Å². The first-order chi connectivity index (χ1) is 8.02. The molecule has 0 heteroatoms. The highest BCUT2D eigenvalue weighted by Gasteiger charge is 2.35. The van der Waals surface area contributed by atoms with Gasteiger partial charge in [0.25, 0.3) is 0 Å². The second kappa shape index (κ2) is 6.23. The topological polar surface area (TPSA) is 0 Å². The predicted octanol–water partition coefficient (Wildman–Crippen LogP) is 5.67. The molecule has 1 rings (SSSR count). The second-order valence-electron chi connectivity index (χ2n) is 5.62. The fourth-order valence-corrected chi connectivity index (χ4v) is 2.92. The van der Waals surface area contributed by atoms with E-state index in [0.29, 0.717) is 5.92 Å². The van der Waals surface area contributed by atoms with Crippen LogP contribution in [0.2, 0.25) is 0 Å². The second-order valence-corrected chi connectivity index (χ2v) is 5.62. The van der Waals surface area contributed by atoms with Crippen LogP contribution < -0.4 is 0 Å². The van der Waals surface area contributed by atoms with E-state index in [1.165, 1.54) is 36.8 Å². The van der Waals surface area contributed by atoms with Gasteiger partial charge >= 0.3 is 0 Å². The maximum Gasteiger partial charge on any atom is -0.0144 e. The van der Waals surface area contributed by atoms with Crippen molar-refractivity contribution in [2.45, 2.75) is 59.8 Å². The Kier molecular flexibility index (Phi) is 5.24. The molecule has 0 N–H and O–H groups in total. The molecule has 96 valence electrons. The molecule has 0 saturated carbocycles. The van der Waals surface area contributed by atoms with Gasteiger partial charge in [-0.1, -0.05) is 45.8 Å². The van der Waals surface area contributed by atoms with Gasteiger partial charge in [0, 0.05) is 0 Å². The van der Waals surface area contributed by atoms with Crippen LogP contribution in [-0.4, -0.2) is 0 Å². The number of hydrogen-bond acceptors (Lipinski definition) is 0. The Hall–Kier alpha value is -0.780. The maximum atomic E-state index is 4.23. The molecular weight excluding hydrogens is 204 g/mol. The molecular formula is C17H28. The van der Waals surface area contributed by atoms with Gasteiger partial charge in [0.2, 0.25) is 0 Å². The number of hydrogen-bond donors (Lipinski definition) is 0. The molecule has 0 aromatic rings. The van der Waals surface area contributed by atoms with Crippen LogP contribution in [0.1, 0.15) is 59.8 Å². The first-order valence-corrected chi connectivity index (χ1v) is 7.10. The van der Waals surface area contributed by atoms with Crippen molar-refractivity contribution in [1.82, 2.24) is 0 Å². The van der Waals surface area contributed by atoms with Gasteiger partial charge in [-0.25, -0.2) is 0 Å². The van der Waals surface area contributed by atoms with E-state index >= 15 is 0 Å². The van der Waals surface area contributed by atoms with Crippen LogP contribution in [0.3, 0.4) is 0 Å². The molecule has 0 nitrogen and oxygen atoms in total. The third-order valence-corrected chi connectivity index (χ3v) is 3.83. The molecule has 0 heterocycles. The van der Waals surface area contributed by atoms with Crippen LogP contribution >= 0.6 is 0 Å². The van der Waals surface area contributed by atoms with E-state index in [0.717, 1.165) is 12.3 Å². The van der Waals surface area contributed by atoms with Gasteiger partial charge in [0.05, 0.1) is 0 Å². The largest absolute Gasteiger partial charge is 0.100 e. The highest BCUT2D eigenvalue weighted by atomic mass is 14.4. The molecule has 0 aromatic carbocycles. The monoisotopic (exact) mass is 232 g/mol. The van der Waals surface area contributed by atoms with E-state index in [1.54, 1.807) is 11.1 Å². The fraction of sp³-hybridized carbons (Fsp3) is 0.647. The summed E-state index contributed by atoms with van der Waals surface area (Å²) in [5.41, 5.74) is 5.82. The smallest absolute Gasteiger partial charge is 0.0144 e. The summed E-state index contributed by atoms with van der Waals surface area (Å²) in [6, 6.07) is 0. The van der Waals surface area contributed by atoms with Gasteiger partial charge < -0.3 is 0 Å². The van der Waals surface area contributed by atoms with Gasteiger partial charge in [0.15, 0.2) is 0 Å². The summed E-state index contributed by atoms with van der Waals surface area (Å²) < 4.78 is 0. The lowest BCUT2D eigenvalue weighted by molar-refractivity contribution is 0.528. The standard InChI is InChI=1S/C17H28/c1-7-9-10-15(8-2)17-14(6)16(17)13(5)11-12(3)4/h13,15H,3,6-11H2,1-2,4-5H3. The van der Waals surface area contributed by atoms with Crippen molar-refractivity contribution in [3.63, 3.8) is 0 Å². The zero-order chi connectivity index (χ0) is 13.0. The molecule has 1 aliphatic carbocycles. The van der Waals surface area contributed by atoms with E-state index in [-0.39, 0.29) is 0 Å². The first-order valence-electron chi connectivity index (χ1n) is 7.10. The minimum atomic E-state index is 0.630. The summed E-state index contributed by atoms with van der Waals surface area (Å²) in [5, 5.41) is 0. The summed E-state index contributed by atoms with van der Waals surface area (Å²) in [4.78, 5) is 0. The van der Waals surface area contributed by atoms with Crippen LogP contribution in [-0.2, 0) is 0 Å². The summed E-state index contributed by atoms with van der Waals surface area (Å²) in [6.07, 6.45) is 6.36. The van der Waals surface area contributed by atoms with Gasteiger partial charge in [0.1, 0.15) is 0 Å². The molecule has 17 heavy (non-hydrogen) atoms. The zero-order valence-electron chi connectivity index (χ0n) is 12.1. The lowest BCUT2D eigenvalue weighted by Crippen LogP contribution is -1.97.